The van der Waals surface area contributed by atoms with Crippen LogP contribution in [0.3, 0.4) is 0 Å². The molecular weight excluding hydrogens is 507 g/mol. The number of para-hydroxylation sites is 1. The minimum Gasteiger partial charge on any atom is -0.434 e. The van der Waals surface area contributed by atoms with Crippen LogP contribution in [0.1, 0.15) is 24.8 Å². The van der Waals surface area contributed by atoms with Crippen molar-refractivity contribution >= 4 is 35.8 Å². The first-order chi connectivity index (χ1) is 13.9. The van der Waals surface area contributed by atoms with E-state index in [0.29, 0.717) is 24.6 Å². The molecule has 0 aromatic heterocycles. The smallest absolute Gasteiger partial charge is 0.387 e. The van der Waals surface area contributed by atoms with Crippen molar-refractivity contribution in [3.63, 3.8) is 0 Å². The lowest BCUT2D eigenvalue weighted by Crippen LogP contribution is -2.44. The Morgan fingerprint density at radius 3 is 2.73 bits per heavy atom. The lowest BCUT2D eigenvalue weighted by atomic mass is 10.2. The van der Waals surface area contributed by atoms with Crippen molar-refractivity contribution in [2.45, 2.75) is 38.5 Å². The molecule has 0 saturated carbocycles. The first-order valence-corrected chi connectivity index (χ1v) is 9.84. The Bertz CT molecular complexity index is 691. The van der Waals surface area contributed by atoms with Crippen molar-refractivity contribution in [3.05, 3.63) is 29.8 Å². The van der Waals surface area contributed by atoms with Gasteiger partial charge in [-0.2, -0.15) is 8.78 Å². The van der Waals surface area contributed by atoms with Crippen LogP contribution in [0.2, 0.25) is 0 Å². The van der Waals surface area contributed by atoms with E-state index in [1.165, 1.54) is 6.07 Å². The molecule has 1 aliphatic rings. The molecule has 1 fully saturated rings. The molecule has 1 amide bonds. The summed E-state index contributed by atoms with van der Waals surface area (Å²) in [5.74, 6) is 0.896. The number of benzene rings is 1. The number of alkyl halides is 2. The number of aliphatic imine (C=N–C) groups is 1. The van der Waals surface area contributed by atoms with Crippen molar-refractivity contribution in [2.24, 2.45) is 4.99 Å². The number of carbonyl (C=O) groups excluding carboxylic acids is 1. The number of hydrogen-bond acceptors (Lipinski definition) is 4. The van der Waals surface area contributed by atoms with Crippen LogP contribution in [-0.4, -0.2) is 75.1 Å². The number of amides is 1. The summed E-state index contributed by atoms with van der Waals surface area (Å²) in [4.78, 5) is 20.3. The third kappa shape index (κ3) is 8.21. The Morgan fingerprint density at radius 1 is 1.33 bits per heavy atom. The summed E-state index contributed by atoms with van der Waals surface area (Å²) in [5.41, 5.74) is 0.623. The molecule has 0 radical (unpaired) electrons. The van der Waals surface area contributed by atoms with E-state index in [2.05, 4.69) is 25.3 Å². The number of carbonyl (C=O) groups is 1. The van der Waals surface area contributed by atoms with Crippen LogP contribution in [0.5, 0.6) is 5.75 Å². The highest BCUT2D eigenvalue weighted by Crippen LogP contribution is 2.20. The number of hydrogen-bond donors (Lipinski definition) is 2. The molecule has 1 heterocycles. The molecule has 1 atom stereocenters. The zero-order valence-electron chi connectivity index (χ0n) is 17.7. The highest BCUT2D eigenvalue weighted by Gasteiger charge is 2.30. The van der Waals surface area contributed by atoms with Gasteiger partial charge >= 0.3 is 6.61 Å². The van der Waals surface area contributed by atoms with Crippen LogP contribution in [0.25, 0.3) is 0 Å². The average Bonchev–Trinajstić information content (AvgIpc) is 3.15. The fraction of sp³-hybridized carbons (Fsp3) is 0.600. The van der Waals surface area contributed by atoms with Gasteiger partial charge in [-0.25, -0.2) is 0 Å². The number of halogens is 3. The van der Waals surface area contributed by atoms with E-state index in [0.717, 1.165) is 32.4 Å². The molecule has 0 aliphatic carbocycles. The van der Waals surface area contributed by atoms with Crippen molar-refractivity contribution in [3.8, 4) is 5.75 Å². The predicted octanol–water partition coefficient (Wildman–Crippen LogP) is 2.51. The fourth-order valence-electron chi connectivity index (χ4n) is 3.42. The zero-order chi connectivity index (χ0) is 21.2. The van der Waals surface area contributed by atoms with Gasteiger partial charge in [-0.05, 0) is 31.9 Å². The highest BCUT2D eigenvalue weighted by atomic mass is 127. The van der Waals surface area contributed by atoms with Gasteiger partial charge < -0.3 is 20.3 Å². The number of nitrogens with zero attached hydrogens (tertiary/aromatic N) is 3. The lowest BCUT2D eigenvalue weighted by molar-refractivity contribution is -0.133. The second kappa shape index (κ2) is 13.6. The van der Waals surface area contributed by atoms with E-state index in [4.69, 9.17) is 0 Å². The van der Waals surface area contributed by atoms with E-state index < -0.39 is 6.61 Å². The van der Waals surface area contributed by atoms with Gasteiger partial charge in [0, 0.05) is 46.3 Å². The van der Waals surface area contributed by atoms with Gasteiger partial charge in [0.2, 0.25) is 5.91 Å². The SMILES string of the molecule is CN=C(NCCCN1CCCC1C(=O)N(C)C)NCc1ccccc1OC(F)F.I. The number of guanidine groups is 1. The summed E-state index contributed by atoms with van der Waals surface area (Å²) >= 11 is 0. The second-order valence-electron chi connectivity index (χ2n) is 7.12. The Hall–Kier alpha value is -1.69. The second-order valence-corrected chi connectivity index (χ2v) is 7.12. The standard InChI is InChI=1S/C20H31F2N5O2.HI/c1-23-20(25-14-15-8-4-5-10-17(15)29-19(21)22)24-11-7-13-27-12-6-9-16(27)18(28)26(2)3;/h4-5,8,10,16,19H,6-7,9,11-14H2,1-3H3,(H2,23,24,25);1H. The number of ether oxygens (including phenoxy) is 1. The minimum atomic E-state index is -2.86. The van der Waals surface area contributed by atoms with Crippen LogP contribution in [0.4, 0.5) is 8.78 Å². The first kappa shape index (κ1) is 26.3. The van der Waals surface area contributed by atoms with Gasteiger partial charge in [0.25, 0.3) is 0 Å². The number of rotatable bonds is 9. The van der Waals surface area contributed by atoms with Crippen molar-refractivity contribution in [1.29, 1.82) is 0 Å². The molecule has 2 rings (SSSR count). The van der Waals surface area contributed by atoms with E-state index in [1.807, 2.05) is 0 Å². The van der Waals surface area contributed by atoms with Crippen molar-refractivity contribution in [1.82, 2.24) is 20.4 Å². The van der Waals surface area contributed by atoms with E-state index in [9.17, 15) is 13.6 Å². The van der Waals surface area contributed by atoms with Crippen molar-refractivity contribution < 1.29 is 18.3 Å². The molecule has 1 aromatic rings. The third-order valence-electron chi connectivity index (χ3n) is 4.86. The van der Waals surface area contributed by atoms with Crippen molar-refractivity contribution in [2.75, 3.05) is 40.8 Å². The summed E-state index contributed by atoms with van der Waals surface area (Å²) in [6.07, 6.45) is 2.82. The molecule has 30 heavy (non-hydrogen) atoms. The van der Waals surface area contributed by atoms with Gasteiger partial charge in [0.15, 0.2) is 5.96 Å². The summed E-state index contributed by atoms with van der Waals surface area (Å²) in [5, 5.41) is 6.33. The summed E-state index contributed by atoms with van der Waals surface area (Å²) in [6, 6.07) is 6.65. The topological polar surface area (TPSA) is 69.2 Å². The van der Waals surface area contributed by atoms with Gasteiger partial charge in [-0.1, -0.05) is 18.2 Å². The molecule has 1 aromatic carbocycles. The molecule has 170 valence electrons. The normalized spacial score (nSPS) is 16.9. The lowest BCUT2D eigenvalue weighted by Gasteiger charge is -2.26. The summed E-state index contributed by atoms with van der Waals surface area (Å²) in [6.45, 7) is -0.0814. The molecule has 0 spiro atoms. The Balaban J connectivity index is 0.00000450. The quantitative estimate of drug-likeness (QED) is 0.219. The van der Waals surface area contributed by atoms with Gasteiger partial charge in [-0.15, -0.1) is 24.0 Å². The zero-order valence-corrected chi connectivity index (χ0v) is 20.1. The summed E-state index contributed by atoms with van der Waals surface area (Å²) in [7, 11) is 5.24. The number of likely N-dealkylation sites (N-methyl/N-ethyl adjacent to an activating group) is 1. The fourth-order valence-corrected chi connectivity index (χ4v) is 3.42. The Morgan fingerprint density at radius 2 is 2.07 bits per heavy atom. The first-order valence-electron chi connectivity index (χ1n) is 9.84. The minimum absolute atomic E-state index is 0. The van der Waals surface area contributed by atoms with Gasteiger partial charge in [0.05, 0.1) is 6.04 Å². The van der Waals surface area contributed by atoms with Crippen LogP contribution >= 0.6 is 24.0 Å². The largest absolute Gasteiger partial charge is 0.434 e. The van der Waals surface area contributed by atoms with E-state index in [1.54, 1.807) is 44.2 Å². The van der Waals surface area contributed by atoms with Crippen LogP contribution in [0.15, 0.2) is 29.3 Å². The molecule has 1 unspecified atom stereocenters. The Kier molecular flexibility index (Phi) is 11.9. The maximum atomic E-state index is 12.5. The Labute approximate surface area is 194 Å². The molecule has 0 bridgehead atoms. The van der Waals surface area contributed by atoms with Gasteiger partial charge in [-0.3, -0.25) is 14.7 Å². The average molecular weight is 539 g/mol. The molecule has 10 heteroatoms. The molecule has 1 aliphatic heterocycles. The highest BCUT2D eigenvalue weighted by molar-refractivity contribution is 14.0. The molecular formula is C20H32F2IN5O2. The predicted molar refractivity (Wildman–Crippen MR) is 125 cm³/mol. The number of likely N-dealkylation sites (tertiary alicyclic amines) is 1. The summed E-state index contributed by atoms with van der Waals surface area (Å²) < 4.78 is 29.6. The van der Waals surface area contributed by atoms with Crippen LogP contribution in [-0.2, 0) is 11.3 Å². The van der Waals surface area contributed by atoms with Crippen LogP contribution in [0, 0.1) is 0 Å². The van der Waals surface area contributed by atoms with E-state index >= 15 is 0 Å². The molecule has 2 N–H and O–H groups in total. The molecule has 1 saturated heterocycles. The molecule has 7 nitrogen and oxygen atoms in total. The monoisotopic (exact) mass is 539 g/mol. The van der Waals surface area contributed by atoms with Crippen LogP contribution < -0.4 is 15.4 Å². The maximum Gasteiger partial charge on any atom is 0.387 e. The maximum absolute atomic E-state index is 12.5. The third-order valence-corrected chi connectivity index (χ3v) is 4.86. The van der Waals surface area contributed by atoms with E-state index in [-0.39, 0.29) is 41.7 Å². The number of nitrogens with one attached hydrogen (secondary N) is 2. The van der Waals surface area contributed by atoms with Gasteiger partial charge in [0.1, 0.15) is 5.75 Å².